The van der Waals surface area contributed by atoms with E-state index in [2.05, 4.69) is 9.97 Å². The fourth-order valence-corrected chi connectivity index (χ4v) is 4.34. The zero-order valence-corrected chi connectivity index (χ0v) is 17.5. The molecule has 0 radical (unpaired) electrons. The van der Waals surface area contributed by atoms with Crippen molar-refractivity contribution >= 4 is 5.71 Å². The van der Waals surface area contributed by atoms with Crippen molar-refractivity contribution in [3.05, 3.63) is 78.0 Å². The van der Waals surface area contributed by atoms with Crippen molar-refractivity contribution in [3.8, 4) is 17.3 Å². The molecule has 3 heterocycles. The normalized spacial score (nSPS) is 21.8. The first-order chi connectivity index (χ1) is 15.2. The van der Waals surface area contributed by atoms with Crippen LogP contribution in [0.15, 0.2) is 66.3 Å². The van der Waals surface area contributed by atoms with Crippen molar-refractivity contribution in [1.29, 1.82) is 0 Å². The molecule has 1 N–H and O–H groups in total. The van der Waals surface area contributed by atoms with E-state index >= 15 is 0 Å². The van der Waals surface area contributed by atoms with Crippen LogP contribution in [0.3, 0.4) is 0 Å². The molecule has 0 bridgehead atoms. The van der Waals surface area contributed by atoms with E-state index < -0.39 is 6.10 Å². The summed E-state index contributed by atoms with van der Waals surface area (Å²) in [6.07, 6.45) is 11.1. The van der Waals surface area contributed by atoms with Gasteiger partial charge in [-0.1, -0.05) is 12.2 Å². The van der Waals surface area contributed by atoms with Crippen molar-refractivity contribution in [2.45, 2.75) is 31.4 Å². The maximum atomic E-state index is 10.2. The number of rotatable bonds is 5. The Balaban J connectivity index is 1.63. The summed E-state index contributed by atoms with van der Waals surface area (Å²) in [4.78, 5) is 13.7. The summed E-state index contributed by atoms with van der Waals surface area (Å²) < 4.78 is 13.3. The summed E-state index contributed by atoms with van der Waals surface area (Å²) in [7, 11) is 1.64. The van der Waals surface area contributed by atoms with E-state index in [1.165, 1.54) is 0 Å². The molecule has 0 saturated carbocycles. The molecule has 0 unspecified atom stereocenters. The molecular weight excluding hydrogens is 392 g/mol. The van der Waals surface area contributed by atoms with Crippen molar-refractivity contribution in [2.24, 2.45) is 4.99 Å². The van der Waals surface area contributed by atoms with Gasteiger partial charge in [0, 0.05) is 35.6 Å². The highest BCUT2D eigenvalue weighted by Crippen LogP contribution is 2.43. The van der Waals surface area contributed by atoms with E-state index in [4.69, 9.17) is 14.5 Å². The number of ether oxygens (including phenoxy) is 2. The monoisotopic (exact) mass is 416 g/mol. The molecule has 5 rings (SSSR count). The molecule has 158 valence electrons. The Morgan fingerprint density at radius 1 is 1.19 bits per heavy atom. The maximum Gasteiger partial charge on any atom is 0.161 e. The molecule has 0 amide bonds. The molecule has 0 spiro atoms. The zero-order chi connectivity index (χ0) is 21.4. The predicted octanol–water partition coefficient (Wildman–Crippen LogP) is 3.30. The summed E-state index contributed by atoms with van der Waals surface area (Å²) in [5, 5.41) is 10.2. The third-order valence-corrected chi connectivity index (χ3v) is 5.80. The van der Waals surface area contributed by atoms with E-state index in [0.717, 1.165) is 28.2 Å². The summed E-state index contributed by atoms with van der Waals surface area (Å²) in [6.45, 7) is 2.50. The number of hydrogen-bond acceptors (Lipinski definition) is 6. The van der Waals surface area contributed by atoms with E-state index in [9.17, 15) is 5.11 Å². The molecule has 7 heteroatoms. The van der Waals surface area contributed by atoms with Gasteiger partial charge in [-0.05, 0) is 43.2 Å². The number of benzene rings is 1. The second-order valence-electron chi connectivity index (χ2n) is 7.66. The molecule has 1 aliphatic heterocycles. The molecule has 1 aliphatic carbocycles. The minimum Gasteiger partial charge on any atom is -0.493 e. The molecular formula is C24H24N4O3. The van der Waals surface area contributed by atoms with Gasteiger partial charge < -0.3 is 14.6 Å². The number of fused-ring (bicyclic) bond motifs is 3. The van der Waals surface area contributed by atoms with E-state index in [0.29, 0.717) is 24.5 Å². The highest BCUT2D eigenvalue weighted by Gasteiger charge is 2.35. The smallest absolute Gasteiger partial charge is 0.161 e. The van der Waals surface area contributed by atoms with Gasteiger partial charge in [-0.2, -0.15) is 0 Å². The third kappa shape index (κ3) is 3.51. The quantitative estimate of drug-likeness (QED) is 0.646. The number of aliphatic hydroxyl groups excluding tert-OH is 1. The SMILES string of the molecule is CCOc1cc2c(cc1OC)C(c1ccc(-n3ccnc3)nc1)=N[C@@H]1C=C[C@H](O)C[C@H]21. The van der Waals surface area contributed by atoms with Gasteiger partial charge in [-0.15, -0.1) is 0 Å². The van der Waals surface area contributed by atoms with Gasteiger partial charge in [0.1, 0.15) is 12.1 Å². The van der Waals surface area contributed by atoms with Crippen molar-refractivity contribution in [1.82, 2.24) is 14.5 Å². The Morgan fingerprint density at radius 3 is 2.81 bits per heavy atom. The minimum atomic E-state index is -0.473. The number of aromatic nitrogens is 3. The van der Waals surface area contributed by atoms with Crippen LogP contribution in [0.25, 0.3) is 5.82 Å². The number of pyridine rings is 1. The lowest BCUT2D eigenvalue weighted by Crippen LogP contribution is -2.31. The van der Waals surface area contributed by atoms with E-state index in [-0.39, 0.29) is 12.0 Å². The third-order valence-electron chi connectivity index (χ3n) is 5.80. The van der Waals surface area contributed by atoms with Gasteiger partial charge in [0.2, 0.25) is 0 Å². The fourth-order valence-electron chi connectivity index (χ4n) is 4.34. The summed E-state index contributed by atoms with van der Waals surface area (Å²) in [5.74, 6) is 2.26. The van der Waals surface area contributed by atoms with E-state index in [1.807, 2.05) is 60.3 Å². The van der Waals surface area contributed by atoms with Crippen LogP contribution in [0.1, 0.15) is 36.0 Å². The number of aliphatic imine (C=N–C) groups is 1. The maximum absolute atomic E-state index is 10.2. The average Bonchev–Trinajstić information content (AvgIpc) is 3.34. The van der Waals surface area contributed by atoms with Crippen LogP contribution in [0.4, 0.5) is 0 Å². The number of imidazole rings is 1. The van der Waals surface area contributed by atoms with Crippen molar-refractivity contribution in [3.63, 3.8) is 0 Å². The van der Waals surface area contributed by atoms with Gasteiger partial charge in [-0.3, -0.25) is 9.56 Å². The lowest BCUT2D eigenvalue weighted by Gasteiger charge is -2.34. The second-order valence-corrected chi connectivity index (χ2v) is 7.66. The highest BCUT2D eigenvalue weighted by molar-refractivity contribution is 6.15. The molecule has 2 aliphatic rings. The van der Waals surface area contributed by atoms with Crippen molar-refractivity contribution in [2.75, 3.05) is 13.7 Å². The lowest BCUT2D eigenvalue weighted by molar-refractivity contribution is 0.190. The van der Waals surface area contributed by atoms with Gasteiger partial charge in [0.25, 0.3) is 0 Å². The molecule has 7 nitrogen and oxygen atoms in total. The predicted molar refractivity (Wildman–Crippen MR) is 117 cm³/mol. The summed E-state index contributed by atoms with van der Waals surface area (Å²) in [5.41, 5.74) is 3.89. The minimum absolute atomic E-state index is 0.0397. The number of methoxy groups -OCH3 is 1. The van der Waals surface area contributed by atoms with Crippen LogP contribution in [0.2, 0.25) is 0 Å². The molecule has 3 aromatic rings. The molecule has 1 aromatic carbocycles. The lowest BCUT2D eigenvalue weighted by atomic mass is 9.77. The molecule has 0 fully saturated rings. The Morgan fingerprint density at radius 2 is 2.10 bits per heavy atom. The largest absolute Gasteiger partial charge is 0.493 e. The van der Waals surface area contributed by atoms with Gasteiger partial charge >= 0.3 is 0 Å². The first kappa shape index (κ1) is 19.5. The second kappa shape index (κ2) is 8.00. The van der Waals surface area contributed by atoms with Crippen LogP contribution in [-0.4, -0.2) is 51.2 Å². The number of aliphatic hydroxyl groups is 1. The highest BCUT2D eigenvalue weighted by atomic mass is 16.5. The Labute approximate surface area is 180 Å². The Hall–Kier alpha value is -3.45. The van der Waals surface area contributed by atoms with Gasteiger partial charge in [-0.25, -0.2) is 9.97 Å². The Kier molecular flexibility index (Phi) is 5.03. The average molecular weight is 416 g/mol. The van der Waals surface area contributed by atoms with Crippen LogP contribution in [-0.2, 0) is 0 Å². The van der Waals surface area contributed by atoms with Gasteiger partial charge in [0.15, 0.2) is 11.5 Å². The van der Waals surface area contributed by atoms with E-state index in [1.54, 1.807) is 19.6 Å². The molecule has 31 heavy (non-hydrogen) atoms. The Bertz CT molecular complexity index is 1140. The first-order valence-electron chi connectivity index (χ1n) is 10.4. The first-order valence-corrected chi connectivity index (χ1v) is 10.4. The zero-order valence-electron chi connectivity index (χ0n) is 17.5. The fraction of sp³-hybridized carbons (Fsp3) is 0.292. The summed E-state index contributed by atoms with van der Waals surface area (Å²) >= 11 is 0. The van der Waals surface area contributed by atoms with Gasteiger partial charge in [0.05, 0.1) is 31.6 Å². The van der Waals surface area contributed by atoms with Crippen molar-refractivity contribution < 1.29 is 14.6 Å². The summed E-state index contributed by atoms with van der Waals surface area (Å²) in [6, 6.07) is 7.97. The van der Waals surface area contributed by atoms with Crippen LogP contribution >= 0.6 is 0 Å². The number of nitrogens with zero attached hydrogens (tertiary/aromatic N) is 4. The molecule has 3 atom stereocenters. The topological polar surface area (TPSA) is 81.8 Å². The van der Waals surface area contributed by atoms with Crippen LogP contribution in [0, 0.1) is 0 Å². The van der Waals surface area contributed by atoms with Crippen LogP contribution in [0.5, 0.6) is 11.5 Å². The van der Waals surface area contributed by atoms with Crippen LogP contribution < -0.4 is 9.47 Å². The number of hydrogen-bond donors (Lipinski definition) is 1. The standard InChI is InChI=1S/C24H24N4O3/c1-3-31-22-11-17-18-10-16(29)5-6-20(18)27-24(19(17)12-21(22)30-2)15-4-7-23(26-13-15)28-9-8-25-14-28/h4-9,11-14,16,18,20,29H,3,10H2,1-2H3/t16-,18+,20+/m0/s1. The molecule has 2 aromatic heterocycles. The molecule has 0 saturated heterocycles.